The van der Waals surface area contributed by atoms with Gasteiger partial charge in [0.15, 0.2) is 0 Å². The molecule has 0 saturated carbocycles. The van der Waals surface area contributed by atoms with Gasteiger partial charge in [0, 0.05) is 30.2 Å². The Morgan fingerprint density at radius 2 is 1.56 bits per heavy atom. The van der Waals surface area contributed by atoms with Crippen LogP contribution in [-0.4, -0.2) is 16.8 Å². The van der Waals surface area contributed by atoms with Gasteiger partial charge in [-0.05, 0) is 42.5 Å². The minimum absolute atomic E-state index is 0.162. The minimum atomic E-state index is -0.430. The van der Waals surface area contributed by atoms with E-state index >= 15 is 0 Å². The molecule has 3 N–H and O–H groups in total. The highest BCUT2D eigenvalue weighted by Crippen LogP contribution is 2.21. The summed E-state index contributed by atoms with van der Waals surface area (Å²) < 4.78 is 13.2. The van der Waals surface area contributed by atoms with Crippen molar-refractivity contribution in [2.24, 2.45) is 0 Å². The minimum Gasteiger partial charge on any atom is -0.354 e. The van der Waals surface area contributed by atoms with Crippen LogP contribution in [0.3, 0.4) is 0 Å². The number of carbonyl (C=O) groups excluding carboxylic acids is 2. The number of halogens is 1. The van der Waals surface area contributed by atoms with Crippen molar-refractivity contribution in [2.45, 2.75) is 6.92 Å². The van der Waals surface area contributed by atoms with Crippen LogP contribution < -0.4 is 16.0 Å². The van der Waals surface area contributed by atoms with E-state index in [1.807, 2.05) is 6.07 Å². The summed E-state index contributed by atoms with van der Waals surface area (Å²) in [6.45, 7) is 1.44. The number of pyridine rings is 1. The number of nitrogens with zero attached hydrogens (tertiary/aromatic N) is 1. The van der Waals surface area contributed by atoms with E-state index in [9.17, 15) is 14.0 Å². The number of amides is 2. The SMILES string of the molecule is CC(=O)Nc1cccc(Nc2cncc(C(=O)Nc3cccc(F)c3)c2)c1. The van der Waals surface area contributed by atoms with Gasteiger partial charge in [0.25, 0.3) is 5.91 Å². The van der Waals surface area contributed by atoms with Crippen LogP contribution in [0.15, 0.2) is 67.0 Å². The van der Waals surface area contributed by atoms with E-state index in [1.54, 1.807) is 36.5 Å². The molecule has 0 atom stereocenters. The summed E-state index contributed by atoms with van der Waals surface area (Å²) in [6.07, 6.45) is 3.00. The van der Waals surface area contributed by atoms with Gasteiger partial charge in [-0.3, -0.25) is 14.6 Å². The predicted octanol–water partition coefficient (Wildman–Crippen LogP) is 4.18. The average Bonchev–Trinajstić information content (AvgIpc) is 2.62. The molecule has 1 heterocycles. The molecule has 0 aliphatic rings. The van der Waals surface area contributed by atoms with Gasteiger partial charge in [0.05, 0.1) is 17.4 Å². The fraction of sp³-hybridized carbons (Fsp3) is 0.0500. The van der Waals surface area contributed by atoms with E-state index in [-0.39, 0.29) is 5.91 Å². The van der Waals surface area contributed by atoms with Crippen molar-refractivity contribution in [1.82, 2.24) is 4.98 Å². The maximum absolute atomic E-state index is 13.2. The van der Waals surface area contributed by atoms with Crippen LogP contribution in [0.1, 0.15) is 17.3 Å². The smallest absolute Gasteiger partial charge is 0.257 e. The number of nitrogens with one attached hydrogen (secondary N) is 3. The number of anilines is 4. The second-order valence-electron chi connectivity index (χ2n) is 5.81. The van der Waals surface area contributed by atoms with Crippen LogP contribution in [0.25, 0.3) is 0 Å². The Balaban J connectivity index is 1.73. The number of rotatable bonds is 5. The molecule has 3 rings (SSSR count). The summed E-state index contributed by atoms with van der Waals surface area (Å²) in [7, 11) is 0. The summed E-state index contributed by atoms with van der Waals surface area (Å²) in [5, 5.41) is 8.46. The number of benzene rings is 2. The first-order chi connectivity index (χ1) is 13.0. The van der Waals surface area contributed by atoms with Gasteiger partial charge in [-0.25, -0.2) is 4.39 Å². The van der Waals surface area contributed by atoms with Crippen LogP contribution in [0.4, 0.5) is 27.1 Å². The van der Waals surface area contributed by atoms with Crippen molar-refractivity contribution >= 4 is 34.6 Å². The van der Waals surface area contributed by atoms with Gasteiger partial charge < -0.3 is 16.0 Å². The third-order valence-corrected chi connectivity index (χ3v) is 3.55. The Hall–Kier alpha value is -3.74. The Morgan fingerprint density at radius 1 is 0.852 bits per heavy atom. The van der Waals surface area contributed by atoms with E-state index in [0.717, 1.165) is 5.69 Å². The van der Waals surface area contributed by atoms with E-state index < -0.39 is 11.7 Å². The molecule has 6 nitrogen and oxygen atoms in total. The molecule has 2 amide bonds. The Bertz CT molecular complexity index is 991. The largest absolute Gasteiger partial charge is 0.354 e. The third kappa shape index (κ3) is 5.12. The highest BCUT2D eigenvalue weighted by Gasteiger charge is 2.08. The van der Waals surface area contributed by atoms with E-state index in [4.69, 9.17) is 0 Å². The van der Waals surface area contributed by atoms with Crippen molar-refractivity contribution in [3.63, 3.8) is 0 Å². The molecular formula is C20H17FN4O2. The highest BCUT2D eigenvalue weighted by atomic mass is 19.1. The molecule has 27 heavy (non-hydrogen) atoms. The first kappa shape index (κ1) is 18.1. The molecule has 3 aromatic rings. The normalized spacial score (nSPS) is 10.1. The molecule has 0 fully saturated rings. The van der Waals surface area contributed by atoms with Crippen molar-refractivity contribution in [3.8, 4) is 0 Å². The Kier molecular flexibility index (Phi) is 5.41. The molecular weight excluding hydrogens is 347 g/mol. The van der Waals surface area contributed by atoms with Gasteiger partial charge in [-0.2, -0.15) is 0 Å². The Labute approximate surface area is 155 Å². The zero-order chi connectivity index (χ0) is 19.2. The molecule has 2 aromatic carbocycles. The lowest BCUT2D eigenvalue weighted by Crippen LogP contribution is -2.12. The van der Waals surface area contributed by atoms with Gasteiger partial charge >= 0.3 is 0 Å². The monoisotopic (exact) mass is 364 g/mol. The first-order valence-corrected chi connectivity index (χ1v) is 8.16. The summed E-state index contributed by atoms with van der Waals surface area (Å²) in [6, 6.07) is 14.4. The first-order valence-electron chi connectivity index (χ1n) is 8.16. The molecule has 0 aliphatic heterocycles. The third-order valence-electron chi connectivity index (χ3n) is 3.55. The zero-order valence-electron chi connectivity index (χ0n) is 14.5. The van der Waals surface area contributed by atoms with Gasteiger partial charge in [0.2, 0.25) is 5.91 Å². The van der Waals surface area contributed by atoms with Gasteiger partial charge in [-0.1, -0.05) is 12.1 Å². The maximum atomic E-state index is 13.2. The van der Waals surface area contributed by atoms with E-state index in [1.165, 1.54) is 31.3 Å². The standard InChI is InChI=1S/C20H17FN4O2/c1-13(26)23-17-6-3-7-18(10-17)24-19-8-14(11-22-12-19)20(27)25-16-5-2-4-15(21)9-16/h2-12,24H,1H3,(H,23,26)(H,25,27). The lowest BCUT2D eigenvalue weighted by Gasteiger charge is -2.10. The lowest BCUT2D eigenvalue weighted by atomic mass is 10.2. The predicted molar refractivity (Wildman–Crippen MR) is 103 cm³/mol. The van der Waals surface area contributed by atoms with Crippen LogP contribution >= 0.6 is 0 Å². The molecule has 0 aliphatic carbocycles. The van der Waals surface area contributed by atoms with Crippen LogP contribution in [0.5, 0.6) is 0 Å². The molecule has 0 spiro atoms. The summed E-state index contributed by atoms with van der Waals surface area (Å²) >= 11 is 0. The summed E-state index contributed by atoms with van der Waals surface area (Å²) in [4.78, 5) is 27.6. The highest BCUT2D eigenvalue weighted by molar-refractivity contribution is 6.04. The maximum Gasteiger partial charge on any atom is 0.257 e. The zero-order valence-corrected chi connectivity index (χ0v) is 14.5. The quantitative estimate of drug-likeness (QED) is 0.634. The van der Waals surface area contributed by atoms with Crippen molar-refractivity contribution in [3.05, 3.63) is 78.4 Å². The molecule has 7 heteroatoms. The summed E-state index contributed by atoms with van der Waals surface area (Å²) in [5.74, 6) is -0.992. The number of hydrogen-bond donors (Lipinski definition) is 3. The van der Waals surface area contributed by atoms with Gasteiger partial charge in [-0.15, -0.1) is 0 Å². The van der Waals surface area contributed by atoms with Crippen molar-refractivity contribution in [1.29, 1.82) is 0 Å². The number of carbonyl (C=O) groups is 2. The average molecular weight is 364 g/mol. The molecule has 0 radical (unpaired) electrons. The Morgan fingerprint density at radius 3 is 2.30 bits per heavy atom. The van der Waals surface area contributed by atoms with Gasteiger partial charge in [0.1, 0.15) is 5.82 Å². The van der Waals surface area contributed by atoms with Crippen molar-refractivity contribution in [2.75, 3.05) is 16.0 Å². The van der Waals surface area contributed by atoms with Crippen molar-refractivity contribution < 1.29 is 14.0 Å². The molecule has 0 bridgehead atoms. The van der Waals surface area contributed by atoms with Crippen LogP contribution in [0, 0.1) is 5.82 Å². The molecule has 0 unspecified atom stereocenters. The molecule has 1 aromatic heterocycles. The lowest BCUT2D eigenvalue weighted by molar-refractivity contribution is -0.114. The summed E-state index contributed by atoms with van der Waals surface area (Å²) in [5.41, 5.74) is 2.66. The fourth-order valence-corrected chi connectivity index (χ4v) is 2.45. The molecule has 0 saturated heterocycles. The second kappa shape index (κ2) is 8.09. The topological polar surface area (TPSA) is 83.1 Å². The fourth-order valence-electron chi connectivity index (χ4n) is 2.45. The number of hydrogen-bond acceptors (Lipinski definition) is 4. The second-order valence-corrected chi connectivity index (χ2v) is 5.81. The van der Waals surface area contributed by atoms with Crippen LogP contribution in [0.2, 0.25) is 0 Å². The van der Waals surface area contributed by atoms with Crippen LogP contribution in [-0.2, 0) is 4.79 Å². The van der Waals surface area contributed by atoms with E-state index in [2.05, 4.69) is 20.9 Å². The molecule has 136 valence electrons. The van der Waals surface area contributed by atoms with E-state index in [0.29, 0.717) is 22.6 Å². The number of aromatic nitrogens is 1.